The van der Waals surface area contributed by atoms with Gasteiger partial charge in [0, 0.05) is 0 Å². The number of ether oxygens (including phenoxy) is 5. The molecule has 4 aromatic rings. The van der Waals surface area contributed by atoms with Gasteiger partial charge in [-0.2, -0.15) is 9.97 Å². The van der Waals surface area contributed by atoms with Gasteiger partial charge in [-0.05, 0) is 36.8 Å². The molecular weight excluding hydrogens is 472 g/mol. The summed E-state index contributed by atoms with van der Waals surface area (Å²) < 4.78 is 32.1. The maximum absolute atomic E-state index is 13.1. The molecule has 36 heavy (non-hydrogen) atoms. The molecule has 0 aliphatic rings. The van der Waals surface area contributed by atoms with E-state index in [0.717, 1.165) is 5.56 Å². The Morgan fingerprint density at radius 2 is 1.58 bits per heavy atom. The van der Waals surface area contributed by atoms with Gasteiger partial charge in [-0.25, -0.2) is 9.59 Å². The predicted molar refractivity (Wildman–Crippen MR) is 125 cm³/mol. The monoisotopic (exact) mass is 494 g/mol. The smallest absolute Gasteiger partial charge is 0.342 e. The molecule has 0 saturated carbocycles. The number of carbonyl (C=O) groups is 2. The molecule has 4 rings (SSSR count). The predicted octanol–water partition coefficient (Wildman–Crippen LogP) is 4.40. The van der Waals surface area contributed by atoms with Crippen molar-refractivity contribution in [2.75, 3.05) is 21.3 Å². The van der Waals surface area contributed by atoms with Crippen molar-refractivity contribution in [2.45, 2.75) is 13.5 Å². The second-order valence-corrected chi connectivity index (χ2v) is 7.41. The van der Waals surface area contributed by atoms with Gasteiger partial charge in [-0.15, -0.1) is 0 Å². The molecule has 0 unspecified atom stereocenters. The van der Waals surface area contributed by atoms with Gasteiger partial charge in [0.2, 0.25) is 11.8 Å². The number of carboxylic acids is 1. The molecule has 0 aliphatic heterocycles. The Kier molecular flexibility index (Phi) is 6.91. The van der Waals surface area contributed by atoms with Crippen LogP contribution in [0.5, 0.6) is 29.3 Å². The number of benzene rings is 2. The van der Waals surface area contributed by atoms with Crippen molar-refractivity contribution >= 4 is 22.9 Å². The first kappa shape index (κ1) is 24.3. The summed E-state index contributed by atoms with van der Waals surface area (Å²) in [7, 11) is 4.35. The third-order valence-corrected chi connectivity index (χ3v) is 5.22. The van der Waals surface area contributed by atoms with E-state index in [1.165, 1.54) is 32.4 Å². The fourth-order valence-corrected chi connectivity index (χ4v) is 3.51. The number of aromatic carboxylic acids is 1. The Labute approximate surface area is 205 Å². The molecule has 11 heteroatoms. The van der Waals surface area contributed by atoms with Crippen LogP contribution in [0, 0.1) is 6.92 Å². The Morgan fingerprint density at radius 3 is 2.17 bits per heavy atom. The van der Waals surface area contributed by atoms with Crippen molar-refractivity contribution in [2.24, 2.45) is 0 Å². The van der Waals surface area contributed by atoms with Crippen LogP contribution in [0.3, 0.4) is 0 Å². The van der Waals surface area contributed by atoms with Gasteiger partial charge in [-0.1, -0.05) is 12.1 Å². The molecule has 1 N–H and O–H groups in total. The van der Waals surface area contributed by atoms with Crippen LogP contribution in [0.4, 0.5) is 0 Å². The molecule has 2 heterocycles. The van der Waals surface area contributed by atoms with E-state index < -0.39 is 11.9 Å². The van der Waals surface area contributed by atoms with E-state index in [1.807, 2.05) is 0 Å². The quantitative estimate of drug-likeness (QED) is 0.331. The highest BCUT2D eigenvalue weighted by atomic mass is 16.5. The fraction of sp³-hybridized carbons (Fsp3) is 0.200. The van der Waals surface area contributed by atoms with Crippen molar-refractivity contribution in [3.63, 3.8) is 0 Å². The molecule has 0 bridgehead atoms. The van der Waals surface area contributed by atoms with E-state index in [0.29, 0.717) is 5.75 Å². The van der Waals surface area contributed by atoms with E-state index in [-0.39, 0.29) is 58.0 Å². The number of rotatable bonds is 9. The molecule has 0 radical (unpaired) electrons. The van der Waals surface area contributed by atoms with Gasteiger partial charge in [-0.3, -0.25) is 0 Å². The number of aromatic nitrogens is 2. The number of hydrogen-bond acceptors (Lipinski definition) is 10. The highest BCUT2D eigenvalue weighted by Gasteiger charge is 2.28. The number of aryl methyl sites for hydroxylation is 1. The third kappa shape index (κ3) is 4.85. The van der Waals surface area contributed by atoms with E-state index in [4.69, 9.17) is 28.1 Å². The first-order chi connectivity index (χ1) is 17.3. The second kappa shape index (κ2) is 10.2. The van der Waals surface area contributed by atoms with Gasteiger partial charge in [0.25, 0.3) is 0 Å². The van der Waals surface area contributed by atoms with E-state index in [1.54, 1.807) is 38.3 Å². The second-order valence-electron chi connectivity index (χ2n) is 7.41. The first-order valence-corrected chi connectivity index (χ1v) is 10.6. The summed E-state index contributed by atoms with van der Waals surface area (Å²) in [5, 5.41) is 10.1. The minimum atomic E-state index is -1.35. The number of methoxy groups -OCH3 is 3. The van der Waals surface area contributed by atoms with Gasteiger partial charge in [0.1, 0.15) is 40.6 Å². The molecule has 2 aromatic heterocycles. The largest absolute Gasteiger partial charge is 0.497 e. The number of carbonyl (C=O) groups excluding carboxylic acids is 1. The molecule has 0 atom stereocenters. The highest BCUT2D eigenvalue weighted by Crippen LogP contribution is 2.37. The molecule has 0 spiro atoms. The van der Waals surface area contributed by atoms with Crippen molar-refractivity contribution in [3.05, 3.63) is 64.9 Å². The van der Waals surface area contributed by atoms with Crippen LogP contribution >= 0.6 is 0 Å². The zero-order valence-electron chi connectivity index (χ0n) is 19.9. The van der Waals surface area contributed by atoms with Crippen LogP contribution in [-0.2, 0) is 11.3 Å². The lowest BCUT2D eigenvalue weighted by molar-refractivity contribution is 0.0472. The zero-order valence-corrected chi connectivity index (χ0v) is 19.9. The number of hydrogen-bond donors (Lipinski definition) is 1. The summed E-state index contributed by atoms with van der Waals surface area (Å²) in [5.41, 5.74) is 0.565. The third-order valence-electron chi connectivity index (χ3n) is 5.22. The summed E-state index contributed by atoms with van der Waals surface area (Å²) in [6.45, 7) is 1.51. The van der Waals surface area contributed by atoms with Crippen molar-refractivity contribution < 1.29 is 42.8 Å². The number of carboxylic acid groups (broad SMARTS) is 1. The standard InChI is InChI=1S/C25H22N2O9/c1-13-20(24(30)34-12-14-5-7-15(31-2)8-6-14)21-16(35-13)9-10-17(22(21)23(28)29)36-25-26-18(32-3)11-19(27-25)33-4/h5-11H,12H2,1-4H3,(H,28,29). The van der Waals surface area contributed by atoms with Gasteiger partial charge >= 0.3 is 17.9 Å². The minimum absolute atomic E-state index is 0.0227. The molecule has 0 saturated heterocycles. The number of esters is 1. The van der Waals surface area contributed by atoms with Crippen LogP contribution in [0.1, 0.15) is 32.0 Å². The summed E-state index contributed by atoms with van der Waals surface area (Å²) in [4.78, 5) is 33.5. The van der Waals surface area contributed by atoms with Crippen molar-refractivity contribution in [1.82, 2.24) is 9.97 Å². The molecule has 186 valence electrons. The topological polar surface area (TPSA) is 139 Å². The van der Waals surface area contributed by atoms with Crippen LogP contribution in [0.15, 0.2) is 46.9 Å². The fourth-order valence-electron chi connectivity index (χ4n) is 3.51. The number of furan rings is 1. The van der Waals surface area contributed by atoms with Crippen LogP contribution in [0.25, 0.3) is 11.0 Å². The Balaban J connectivity index is 1.71. The van der Waals surface area contributed by atoms with Gasteiger partial charge in [0.05, 0.1) is 32.8 Å². The summed E-state index contributed by atoms with van der Waals surface area (Å²) in [6.07, 6.45) is 0. The normalized spacial score (nSPS) is 10.7. The zero-order chi connectivity index (χ0) is 25.8. The summed E-state index contributed by atoms with van der Waals surface area (Å²) >= 11 is 0. The maximum atomic E-state index is 13.1. The minimum Gasteiger partial charge on any atom is -0.497 e. The van der Waals surface area contributed by atoms with E-state index in [9.17, 15) is 14.7 Å². The van der Waals surface area contributed by atoms with E-state index >= 15 is 0 Å². The average Bonchev–Trinajstić information content (AvgIpc) is 3.22. The lowest BCUT2D eigenvalue weighted by Gasteiger charge is -2.11. The van der Waals surface area contributed by atoms with E-state index in [2.05, 4.69) is 9.97 Å². The molecule has 0 fully saturated rings. The maximum Gasteiger partial charge on any atom is 0.342 e. The molecular formula is C25H22N2O9. The van der Waals surface area contributed by atoms with Crippen LogP contribution in [0.2, 0.25) is 0 Å². The Bertz CT molecular complexity index is 1410. The summed E-state index contributed by atoms with van der Waals surface area (Å²) in [5.74, 6) is -1.05. The molecule has 11 nitrogen and oxygen atoms in total. The van der Waals surface area contributed by atoms with Crippen molar-refractivity contribution in [3.8, 4) is 29.3 Å². The highest BCUT2D eigenvalue weighted by molar-refractivity contribution is 6.14. The summed E-state index contributed by atoms with van der Waals surface area (Å²) in [6, 6.07) is 11.1. The SMILES string of the molecule is COc1ccc(COC(=O)c2c(C)oc3ccc(Oc4nc(OC)cc(OC)n4)c(C(=O)O)c23)cc1. The molecule has 0 amide bonds. The van der Waals surface area contributed by atoms with Crippen LogP contribution < -0.4 is 18.9 Å². The lowest BCUT2D eigenvalue weighted by Crippen LogP contribution is -2.09. The van der Waals surface area contributed by atoms with Crippen LogP contribution in [-0.4, -0.2) is 48.3 Å². The van der Waals surface area contributed by atoms with Crippen molar-refractivity contribution in [1.29, 1.82) is 0 Å². The first-order valence-electron chi connectivity index (χ1n) is 10.6. The van der Waals surface area contributed by atoms with Gasteiger partial charge < -0.3 is 33.2 Å². The Morgan fingerprint density at radius 1 is 0.917 bits per heavy atom. The average molecular weight is 494 g/mol. The molecule has 2 aromatic carbocycles. The Hall–Kier alpha value is -4.80. The lowest BCUT2D eigenvalue weighted by atomic mass is 10.0. The van der Waals surface area contributed by atoms with Gasteiger partial charge in [0.15, 0.2) is 0 Å². The number of fused-ring (bicyclic) bond motifs is 1. The number of nitrogens with zero attached hydrogens (tertiary/aromatic N) is 2. The molecule has 0 aliphatic carbocycles.